The second-order valence-corrected chi connectivity index (χ2v) is 5.83. The van der Waals surface area contributed by atoms with E-state index in [4.69, 9.17) is 0 Å². The number of carbonyl (C=O) groups is 3. The van der Waals surface area contributed by atoms with Crippen LogP contribution in [-0.4, -0.2) is 41.3 Å². The average Bonchev–Trinajstić information content (AvgIpc) is 2.85. The first-order chi connectivity index (χ1) is 12.3. The molecule has 1 aliphatic rings. The summed E-state index contributed by atoms with van der Waals surface area (Å²) < 4.78 is 26.1. The van der Waals surface area contributed by atoms with Crippen molar-refractivity contribution in [3.63, 3.8) is 0 Å². The maximum absolute atomic E-state index is 13.2. The average molecular weight is 360 g/mol. The molecule has 0 saturated heterocycles. The standard InChI is InChI=1S/C18H14F2N2O4/c1-22-17(25)11-4-2-10(6-12(11)18(22)26)16(24)21-8-15(23)9-3-5-13(19)14(20)7-9/h2-7,15,23H,8H2,1H3,(H,21,24). The van der Waals surface area contributed by atoms with E-state index in [0.29, 0.717) is 0 Å². The summed E-state index contributed by atoms with van der Waals surface area (Å²) in [7, 11) is 1.35. The Labute approximate surface area is 147 Å². The summed E-state index contributed by atoms with van der Waals surface area (Å²) >= 11 is 0. The molecule has 1 unspecified atom stereocenters. The second-order valence-electron chi connectivity index (χ2n) is 5.83. The Morgan fingerprint density at radius 1 is 1.08 bits per heavy atom. The minimum Gasteiger partial charge on any atom is -0.387 e. The third-order valence-electron chi connectivity index (χ3n) is 4.14. The topological polar surface area (TPSA) is 86.7 Å². The molecule has 2 N–H and O–H groups in total. The monoisotopic (exact) mass is 360 g/mol. The van der Waals surface area contributed by atoms with E-state index in [9.17, 15) is 28.3 Å². The summed E-state index contributed by atoms with van der Waals surface area (Å²) in [5.74, 6) is -3.65. The number of imide groups is 1. The number of nitrogens with one attached hydrogen (secondary N) is 1. The molecule has 8 heteroatoms. The third kappa shape index (κ3) is 3.06. The van der Waals surface area contributed by atoms with Gasteiger partial charge in [-0.15, -0.1) is 0 Å². The molecule has 1 aliphatic heterocycles. The molecule has 134 valence electrons. The molecule has 26 heavy (non-hydrogen) atoms. The molecular weight excluding hydrogens is 346 g/mol. The van der Waals surface area contributed by atoms with E-state index in [1.165, 1.54) is 31.3 Å². The van der Waals surface area contributed by atoms with E-state index in [2.05, 4.69) is 5.32 Å². The fourth-order valence-corrected chi connectivity index (χ4v) is 2.63. The highest BCUT2D eigenvalue weighted by Gasteiger charge is 2.33. The van der Waals surface area contributed by atoms with Gasteiger partial charge in [0.1, 0.15) is 0 Å². The number of amides is 3. The van der Waals surface area contributed by atoms with Crippen molar-refractivity contribution in [1.29, 1.82) is 0 Å². The number of aliphatic hydroxyl groups excluding tert-OH is 1. The van der Waals surface area contributed by atoms with E-state index >= 15 is 0 Å². The fourth-order valence-electron chi connectivity index (χ4n) is 2.63. The number of hydrogen-bond acceptors (Lipinski definition) is 4. The van der Waals surface area contributed by atoms with E-state index in [0.717, 1.165) is 17.0 Å². The van der Waals surface area contributed by atoms with Crippen molar-refractivity contribution in [1.82, 2.24) is 10.2 Å². The SMILES string of the molecule is CN1C(=O)c2ccc(C(=O)NCC(O)c3ccc(F)c(F)c3)cc2C1=O. The highest BCUT2D eigenvalue weighted by molar-refractivity contribution is 6.21. The summed E-state index contributed by atoms with van der Waals surface area (Å²) in [6, 6.07) is 7.03. The van der Waals surface area contributed by atoms with Gasteiger partial charge in [0.25, 0.3) is 17.7 Å². The van der Waals surface area contributed by atoms with Crippen LogP contribution in [0.15, 0.2) is 36.4 Å². The van der Waals surface area contributed by atoms with Crippen LogP contribution in [0.2, 0.25) is 0 Å². The zero-order valence-corrected chi connectivity index (χ0v) is 13.6. The summed E-state index contributed by atoms with van der Waals surface area (Å²) in [6.07, 6.45) is -1.24. The van der Waals surface area contributed by atoms with Crippen molar-refractivity contribution < 1.29 is 28.3 Å². The van der Waals surface area contributed by atoms with E-state index < -0.39 is 35.5 Å². The molecule has 0 aromatic heterocycles. The van der Waals surface area contributed by atoms with Crippen molar-refractivity contribution >= 4 is 17.7 Å². The molecule has 2 aromatic rings. The number of aliphatic hydroxyl groups is 1. The lowest BCUT2D eigenvalue weighted by molar-refractivity contribution is 0.0693. The van der Waals surface area contributed by atoms with Crippen molar-refractivity contribution in [3.05, 3.63) is 70.3 Å². The van der Waals surface area contributed by atoms with Crippen LogP contribution in [0.4, 0.5) is 8.78 Å². The minimum absolute atomic E-state index is 0.112. The zero-order chi connectivity index (χ0) is 19.0. The Kier molecular flexibility index (Phi) is 4.52. The Morgan fingerprint density at radius 2 is 1.77 bits per heavy atom. The number of benzene rings is 2. The fraction of sp³-hybridized carbons (Fsp3) is 0.167. The van der Waals surface area contributed by atoms with Gasteiger partial charge in [0.2, 0.25) is 0 Å². The third-order valence-corrected chi connectivity index (χ3v) is 4.14. The van der Waals surface area contributed by atoms with Crippen LogP contribution in [-0.2, 0) is 0 Å². The molecule has 3 rings (SSSR count). The second kappa shape index (κ2) is 6.64. The van der Waals surface area contributed by atoms with Gasteiger partial charge >= 0.3 is 0 Å². The van der Waals surface area contributed by atoms with Crippen LogP contribution in [0, 0.1) is 11.6 Å². The highest BCUT2D eigenvalue weighted by Crippen LogP contribution is 2.23. The predicted molar refractivity (Wildman–Crippen MR) is 86.5 cm³/mol. The van der Waals surface area contributed by atoms with Crippen molar-refractivity contribution in [3.8, 4) is 0 Å². The predicted octanol–water partition coefficient (Wildman–Crippen LogP) is 1.65. The lowest BCUT2D eigenvalue weighted by Crippen LogP contribution is -2.28. The van der Waals surface area contributed by atoms with Crippen LogP contribution in [0.5, 0.6) is 0 Å². The van der Waals surface area contributed by atoms with Crippen molar-refractivity contribution in [2.45, 2.75) is 6.10 Å². The number of carbonyl (C=O) groups excluding carboxylic acids is 3. The molecule has 0 fully saturated rings. The summed E-state index contributed by atoms with van der Waals surface area (Å²) in [5.41, 5.74) is 0.598. The Morgan fingerprint density at radius 3 is 2.46 bits per heavy atom. The lowest BCUT2D eigenvalue weighted by Gasteiger charge is -2.13. The van der Waals surface area contributed by atoms with Gasteiger partial charge in [0, 0.05) is 19.2 Å². The Hall–Kier alpha value is -3.13. The van der Waals surface area contributed by atoms with E-state index in [1.54, 1.807) is 0 Å². The maximum atomic E-state index is 13.2. The Balaban J connectivity index is 1.70. The van der Waals surface area contributed by atoms with Crippen molar-refractivity contribution in [2.24, 2.45) is 0 Å². The van der Waals surface area contributed by atoms with Crippen molar-refractivity contribution in [2.75, 3.05) is 13.6 Å². The molecule has 0 spiro atoms. The van der Waals surface area contributed by atoms with Gasteiger partial charge in [-0.3, -0.25) is 19.3 Å². The smallest absolute Gasteiger partial charge is 0.261 e. The zero-order valence-electron chi connectivity index (χ0n) is 13.6. The van der Waals surface area contributed by atoms with E-state index in [-0.39, 0.29) is 28.8 Å². The van der Waals surface area contributed by atoms with Crippen LogP contribution in [0.1, 0.15) is 42.7 Å². The van der Waals surface area contributed by atoms with Gasteiger partial charge in [-0.1, -0.05) is 6.07 Å². The van der Waals surface area contributed by atoms with Crippen LogP contribution in [0.3, 0.4) is 0 Å². The quantitative estimate of drug-likeness (QED) is 0.812. The van der Waals surface area contributed by atoms with Crippen LogP contribution < -0.4 is 5.32 Å². The van der Waals surface area contributed by atoms with Crippen LogP contribution >= 0.6 is 0 Å². The van der Waals surface area contributed by atoms with Gasteiger partial charge in [-0.2, -0.15) is 0 Å². The summed E-state index contributed by atoms with van der Waals surface area (Å²) in [4.78, 5) is 36.9. The molecule has 1 heterocycles. The minimum atomic E-state index is -1.24. The molecule has 2 aromatic carbocycles. The molecule has 3 amide bonds. The highest BCUT2D eigenvalue weighted by atomic mass is 19.2. The number of halogens is 2. The van der Waals surface area contributed by atoms with Gasteiger partial charge in [-0.25, -0.2) is 8.78 Å². The normalized spacial score (nSPS) is 14.4. The van der Waals surface area contributed by atoms with Crippen LogP contribution in [0.25, 0.3) is 0 Å². The molecule has 0 radical (unpaired) electrons. The number of rotatable bonds is 4. The van der Waals surface area contributed by atoms with Gasteiger partial charge < -0.3 is 10.4 Å². The Bertz CT molecular complexity index is 929. The molecule has 0 saturated carbocycles. The largest absolute Gasteiger partial charge is 0.387 e. The number of hydrogen-bond donors (Lipinski definition) is 2. The summed E-state index contributed by atoms with van der Waals surface area (Å²) in [6.45, 7) is -0.242. The molecule has 0 bridgehead atoms. The number of fused-ring (bicyclic) bond motifs is 1. The maximum Gasteiger partial charge on any atom is 0.261 e. The molecular formula is C18H14F2N2O4. The van der Waals surface area contributed by atoms with Gasteiger partial charge in [0.05, 0.1) is 17.2 Å². The number of nitrogens with zero attached hydrogens (tertiary/aromatic N) is 1. The van der Waals surface area contributed by atoms with Gasteiger partial charge in [-0.05, 0) is 35.9 Å². The summed E-state index contributed by atoms with van der Waals surface area (Å²) in [5, 5.41) is 12.4. The van der Waals surface area contributed by atoms with E-state index in [1.807, 2.05) is 0 Å². The molecule has 6 nitrogen and oxygen atoms in total. The molecule has 1 atom stereocenters. The first kappa shape index (κ1) is 17.7. The first-order valence-corrected chi connectivity index (χ1v) is 7.67. The molecule has 0 aliphatic carbocycles. The first-order valence-electron chi connectivity index (χ1n) is 7.67. The lowest BCUT2D eigenvalue weighted by atomic mass is 10.0. The van der Waals surface area contributed by atoms with Gasteiger partial charge in [0.15, 0.2) is 11.6 Å².